The Morgan fingerprint density at radius 3 is 2.38 bits per heavy atom. The molecule has 0 bridgehead atoms. The van der Waals surface area contributed by atoms with E-state index >= 15 is 0 Å². The molecule has 0 spiro atoms. The summed E-state index contributed by atoms with van der Waals surface area (Å²) in [7, 11) is 0. The number of benzene rings is 2. The monoisotopic (exact) mass is 395 g/mol. The van der Waals surface area contributed by atoms with Crippen molar-refractivity contribution in [3.63, 3.8) is 0 Å². The molecule has 1 fully saturated rings. The standard InChI is InChI=1S/C24H29NO4/c1-19-15-16-22(24(27)29-18-20-10-4-2-5-11-20)25(19)23(26)14-8-9-17-28-21-12-6-3-7-13-21/h2-7,10-13,19,22H,8-9,14-18H2,1H3. The summed E-state index contributed by atoms with van der Waals surface area (Å²) < 4.78 is 11.1. The zero-order chi connectivity index (χ0) is 20.5. The van der Waals surface area contributed by atoms with Gasteiger partial charge in [0.05, 0.1) is 6.61 Å². The molecule has 2 unspecified atom stereocenters. The molecule has 0 aromatic heterocycles. The SMILES string of the molecule is CC1CCC(C(=O)OCc2ccccc2)N1C(=O)CCCCOc1ccccc1. The van der Waals surface area contributed by atoms with Crippen molar-refractivity contribution in [2.75, 3.05) is 6.61 Å². The first kappa shape index (κ1) is 20.9. The number of ether oxygens (including phenoxy) is 2. The number of para-hydroxylation sites is 1. The van der Waals surface area contributed by atoms with Gasteiger partial charge in [0, 0.05) is 12.5 Å². The summed E-state index contributed by atoms with van der Waals surface area (Å²) in [6.45, 7) is 2.82. The van der Waals surface area contributed by atoms with Crippen LogP contribution in [0.3, 0.4) is 0 Å². The summed E-state index contributed by atoms with van der Waals surface area (Å²) in [5.41, 5.74) is 0.947. The van der Waals surface area contributed by atoms with E-state index in [0.29, 0.717) is 19.4 Å². The molecule has 2 aromatic carbocycles. The van der Waals surface area contributed by atoms with Gasteiger partial charge < -0.3 is 14.4 Å². The van der Waals surface area contributed by atoms with Crippen molar-refractivity contribution in [1.29, 1.82) is 0 Å². The predicted octanol–water partition coefficient (Wildman–Crippen LogP) is 4.36. The van der Waals surface area contributed by atoms with Crippen LogP contribution in [0.2, 0.25) is 0 Å². The number of unbranched alkanes of at least 4 members (excludes halogenated alkanes) is 1. The predicted molar refractivity (Wildman–Crippen MR) is 111 cm³/mol. The van der Waals surface area contributed by atoms with Crippen LogP contribution < -0.4 is 4.74 Å². The van der Waals surface area contributed by atoms with Gasteiger partial charge in [0.15, 0.2) is 0 Å². The molecule has 0 aliphatic carbocycles. The Morgan fingerprint density at radius 1 is 0.966 bits per heavy atom. The number of rotatable bonds is 9. The van der Waals surface area contributed by atoms with Gasteiger partial charge in [-0.25, -0.2) is 4.79 Å². The van der Waals surface area contributed by atoms with Crippen LogP contribution in [0, 0.1) is 0 Å². The minimum absolute atomic E-state index is 0.0244. The Kier molecular flexibility index (Phi) is 7.68. The molecule has 5 nitrogen and oxygen atoms in total. The van der Waals surface area contributed by atoms with Gasteiger partial charge in [0.1, 0.15) is 18.4 Å². The number of hydrogen-bond acceptors (Lipinski definition) is 4. The van der Waals surface area contributed by atoms with Crippen LogP contribution in [0.25, 0.3) is 0 Å². The first-order valence-corrected chi connectivity index (χ1v) is 10.3. The Labute approximate surface area is 172 Å². The Balaban J connectivity index is 1.43. The van der Waals surface area contributed by atoms with Crippen molar-refractivity contribution >= 4 is 11.9 Å². The quantitative estimate of drug-likeness (QED) is 0.468. The molecule has 0 radical (unpaired) electrons. The van der Waals surface area contributed by atoms with Gasteiger partial charge >= 0.3 is 5.97 Å². The average molecular weight is 395 g/mol. The van der Waals surface area contributed by atoms with Crippen LogP contribution in [-0.2, 0) is 20.9 Å². The van der Waals surface area contributed by atoms with Gasteiger partial charge in [-0.05, 0) is 50.3 Å². The maximum Gasteiger partial charge on any atom is 0.329 e. The number of esters is 1. The highest BCUT2D eigenvalue weighted by Crippen LogP contribution is 2.26. The summed E-state index contributed by atoms with van der Waals surface area (Å²) in [5.74, 6) is 0.559. The van der Waals surface area contributed by atoms with E-state index < -0.39 is 6.04 Å². The van der Waals surface area contributed by atoms with E-state index in [1.165, 1.54) is 0 Å². The molecule has 1 amide bonds. The third-order valence-corrected chi connectivity index (χ3v) is 5.25. The largest absolute Gasteiger partial charge is 0.494 e. The summed E-state index contributed by atoms with van der Waals surface area (Å²) in [6.07, 6.45) is 3.45. The lowest BCUT2D eigenvalue weighted by atomic mass is 10.2. The number of amides is 1. The van der Waals surface area contributed by atoms with Gasteiger partial charge in [-0.2, -0.15) is 0 Å². The van der Waals surface area contributed by atoms with Crippen LogP contribution >= 0.6 is 0 Å². The van der Waals surface area contributed by atoms with Gasteiger partial charge in [0.2, 0.25) is 5.91 Å². The molecule has 2 aromatic rings. The molecule has 29 heavy (non-hydrogen) atoms. The highest BCUT2D eigenvalue weighted by Gasteiger charge is 2.39. The van der Waals surface area contributed by atoms with Crippen molar-refractivity contribution in [2.45, 2.75) is 57.7 Å². The zero-order valence-electron chi connectivity index (χ0n) is 17.0. The third kappa shape index (κ3) is 6.08. The number of nitrogens with zero attached hydrogens (tertiary/aromatic N) is 1. The number of carbonyl (C=O) groups excluding carboxylic acids is 2. The minimum atomic E-state index is -0.471. The minimum Gasteiger partial charge on any atom is -0.494 e. The second-order valence-corrected chi connectivity index (χ2v) is 7.46. The number of carbonyl (C=O) groups is 2. The fraction of sp³-hybridized carbons (Fsp3) is 0.417. The molecule has 1 aliphatic heterocycles. The molecule has 0 saturated carbocycles. The van der Waals surface area contributed by atoms with E-state index in [4.69, 9.17) is 9.47 Å². The molecule has 5 heteroatoms. The molecule has 1 heterocycles. The molecular weight excluding hydrogens is 366 g/mol. The average Bonchev–Trinajstić information content (AvgIpc) is 3.15. The number of likely N-dealkylation sites (tertiary alicyclic amines) is 1. The summed E-state index contributed by atoms with van der Waals surface area (Å²) in [6, 6.07) is 18.9. The van der Waals surface area contributed by atoms with Crippen LogP contribution in [0.15, 0.2) is 60.7 Å². The van der Waals surface area contributed by atoms with E-state index in [9.17, 15) is 9.59 Å². The molecule has 1 aliphatic rings. The van der Waals surface area contributed by atoms with Crippen molar-refractivity contribution in [1.82, 2.24) is 4.90 Å². The lowest BCUT2D eigenvalue weighted by molar-refractivity contribution is -0.155. The van der Waals surface area contributed by atoms with E-state index in [1.54, 1.807) is 4.90 Å². The smallest absolute Gasteiger partial charge is 0.329 e. The fourth-order valence-electron chi connectivity index (χ4n) is 3.67. The first-order chi connectivity index (χ1) is 14.1. The maximum atomic E-state index is 12.8. The lowest BCUT2D eigenvalue weighted by Crippen LogP contribution is -2.44. The van der Waals surface area contributed by atoms with Crippen molar-refractivity contribution in [3.05, 3.63) is 66.2 Å². The van der Waals surface area contributed by atoms with Crippen molar-refractivity contribution in [3.8, 4) is 5.75 Å². The second kappa shape index (κ2) is 10.6. The summed E-state index contributed by atoms with van der Waals surface area (Å²) in [5, 5.41) is 0. The molecule has 0 N–H and O–H groups in total. The first-order valence-electron chi connectivity index (χ1n) is 10.3. The van der Waals surface area contributed by atoms with E-state index in [2.05, 4.69) is 0 Å². The van der Waals surface area contributed by atoms with Crippen molar-refractivity contribution in [2.24, 2.45) is 0 Å². The highest BCUT2D eigenvalue weighted by atomic mass is 16.5. The van der Waals surface area contributed by atoms with Crippen molar-refractivity contribution < 1.29 is 19.1 Å². The van der Waals surface area contributed by atoms with E-state index in [1.807, 2.05) is 67.6 Å². The van der Waals surface area contributed by atoms with E-state index in [-0.39, 0.29) is 24.5 Å². The molecule has 1 saturated heterocycles. The lowest BCUT2D eigenvalue weighted by Gasteiger charge is -2.27. The van der Waals surface area contributed by atoms with Crippen LogP contribution in [0.1, 0.15) is 44.6 Å². The molecule has 3 rings (SSSR count). The Bertz CT molecular complexity index is 778. The normalized spacial score (nSPS) is 18.4. The molecular formula is C24H29NO4. The van der Waals surface area contributed by atoms with Gasteiger partial charge in [-0.3, -0.25) is 4.79 Å². The second-order valence-electron chi connectivity index (χ2n) is 7.46. The third-order valence-electron chi connectivity index (χ3n) is 5.25. The summed E-state index contributed by atoms with van der Waals surface area (Å²) in [4.78, 5) is 27.1. The maximum absolute atomic E-state index is 12.8. The van der Waals surface area contributed by atoms with Gasteiger partial charge in [-0.15, -0.1) is 0 Å². The highest BCUT2D eigenvalue weighted by molar-refractivity contribution is 5.85. The Morgan fingerprint density at radius 2 is 1.66 bits per heavy atom. The van der Waals surface area contributed by atoms with Crippen LogP contribution in [0.4, 0.5) is 0 Å². The van der Waals surface area contributed by atoms with Gasteiger partial charge in [-0.1, -0.05) is 48.5 Å². The van der Waals surface area contributed by atoms with Gasteiger partial charge in [0.25, 0.3) is 0 Å². The zero-order valence-corrected chi connectivity index (χ0v) is 17.0. The fourth-order valence-corrected chi connectivity index (χ4v) is 3.67. The molecule has 2 atom stereocenters. The Hall–Kier alpha value is -2.82. The summed E-state index contributed by atoms with van der Waals surface area (Å²) >= 11 is 0. The van der Waals surface area contributed by atoms with Crippen LogP contribution in [0.5, 0.6) is 5.75 Å². The van der Waals surface area contributed by atoms with Crippen LogP contribution in [-0.4, -0.2) is 35.5 Å². The topological polar surface area (TPSA) is 55.8 Å². The van der Waals surface area contributed by atoms with E-state index in [0.717, 1.165) is 30.6 Å². The number of hydrogen-bond donors (Lipinski definition) is 0. The molecule has 154 valence electrons.